The number of nitrogens with two attached hydrogens (primary N) is 1. The van der Waals surface area contributed by atoms with E-state index in [1.54, 1.807) is 0 Å². The molecule has 7 heteroatoms. The minimum Gasteiger partial charge on any atom is -0.477 e. The Hall–Kier alpha value is -1.60. The minimum atomic E-state index is -1.10. The summed E-state index contributed by atoms with van der Waals surface area (Å²) in [6.07, 6.45) is 0. The summed E-state index contributed by atoms with van der Waals surface area (Å²) in [5.41, 5.74) is 6.82. The van der Waals surface area contributed by atoms with Crippen LogP contribution >= 0.6 is 31.9 Å². The van der Waals surface area contributed by atoms with E-state index in [-0.39, 0.29) is 5.69 Å². The van der Waals surface area contributed by atoms with E-state index in [2.05, 4.69) is 42.2 Å². The van der Waals surface area contributed by atoms with Crippen LogP contribution in [0.1, 0.15) is 10.5 Å². The molecule has 0 unspecified atom stereocenters. The molecule has 0 radical (unpaired) electrons. The van der Waals surface area contributed by atoms with Gasteiger partial charge < -0.3 is 16.2 Å². The molecule has 98 valence electrons. The summed E-state index contributed by atoms with van der Waals surface area (Å²) in [5, 5.41) is 11.9. The van der Waals surface area contributed by atoms with E-state index < -0.39 is 5.97 Å². The molecule has 1 aromatic carbocycles. The van der Waals surface area contributed by atoms with E-state index in [9.17, 15) is 4.79 Å². The molecule has 0 aliphatic carbocycles. The molecule has 0 aliphatic heterocycles. The number of aromatic carboxylic acids is 1. The zero-order valence-electron chi connectivity index (χ0n) is 9.52. The summed E-state index contributed by atoms with van der Waals surface area (Å²) >= 11 is 6.75. The minimum absolute atomic E-state index is 0.0668. The Balaban J connectivity index is 2.40. The largest absolute Gasteiger partial charge is 0.477 e. The molecule has 4 N–H and O–H groups in total. The molecule has 1 heterocycles. The van der Waals surface area contributed by atoms with Crippen molar-refractivity contribution in [3.05, 3.63) is 45.0 Å². The molecule has 0 atom stereocenters. The van der Waals surface area contributed by atoms with E-state index in [0.717, 1.165) is 14.6 Å². The third-order valence-electron chi connectivity index (χ3n) is 2.33. The number of nitrogens with zero attached hydrogens (tertiary/aromatic N) is 1. The molecular formula is C12H9Br2N3O2. The van der Waals surface area contributed by atoms with Crippen LogP contribution in [0.3, 0.4) is 0 Å². The molecule has 5 nitrogen and oxygen atoms in total. The van der Waals surface area contributed by atoms with E-state index in [0.29, 0.717) is 11.5 Å². The molecule has 0 aliphatic rings. The number of halogens is 2. The van der Waals surface area contributed by atoms with Gasteiger partial charge in [-0.3, -0.25) is 0 Å². The highest BCUT2D eigenvalue weighted by atomic mass is 79.9. The van der Waals surface area contributed by atoms with Crippen molar-refractivity contribution in [1.29, 1.82) is 0 Å². The molecule has 0 bridgehead atoms. The third kappa shape index (κ3) is 3.24. The second kappa shape index (κ2) is 5.58. The van der Waals surface area contributed by atoms with Gasteiger partial charge in [-0.25, -0.2) is 9.78 Å². The highest BCUT2D eigenvalue weighted by Crippen LogP contribution is 2.30. The normalized spacial score (nSPS) is 10.2. The summed E-state index contributed by atoms with van der Waals surface area (Å²) in [5.74, 6) is -0.796. The van der Waals surface area contributed by atoms with E-state index in [1.165, 1.54) is 12.1 Å². The molecule has 0 fully saturated rings. The number of nitrogens with one attached hydrogen (secondary N) is 1. The Labute approximate surface area is 126 Å². The number of pyridine rings is 1. The second-order valence-corrected chi connectivity index (χ2v) is 5.46. The first kappa shape index (κ1) is 13.8. The highest BCUT2D eigenvalue weighted by Gasteiger charge is 2.10. The number of benzene rings is 1. The molecule has 0 saturated carbocycles. The van der Waals surface area contributed by atoms with Crippen molar-refractivity contribution in [3.8, 4) is 0 Å². The van der Waals surface area contributed by atoms with Crippen molar-refractivity contribution in [2.75, 3.05) is 11.1 Å². The first-order valence-corrected chi connectivity index (χ1v) is 6.78. The zero-order chi connectivity index (χ0) is 14.0. The average Bonchev–Trinajstić information content (AvgIpc) is 2.36. The van der Waals surface area contributed by atoms with Crippen LogP contribution in [-0.4, -0.2) is 16.1 Å². The van der Waals surface area contributed by atoms with Gasteiger partial charge in [0.1, 0.15) is 0 Å². The molecule has 2 rings (SSSR count). The van der Waals surface area contributed by atoms with E-state index in [1.807, 2.05) is 18.2 Å². The Morgan fingerprint density at radius 2 is 2.00 bits per heavy atom. The van der Waals surface area contributed by atoms with Crippen LogP contribution in [0.25, 0.3) is 0 Å². The van der Waals surface area contributed by atoms with Gasteiger partial charge >= 0.3 is 5.97 Å². The molecular weight excluding hydrogens is 378 g/mol. The Kier molecular flexibility index (Phi) is 4.06. The van der Waals surface area contributed by atoms with Gasteiger partial charge in [-0.2, -0.15) is 0 Å². The van der Waals surface area contributed by atoms with Gasteiger partial charge in [0, 0.05) is 8.95 Å². The number of rotatable bonds is 3. The fourth-order valence-corrected chi connectivity index (χ4v) is 2.12. The summed E-state index contributed by atoms with van der Waals surface area (Å²) in [6, 6.07) is 8.42. The van der Waals surface area contributed by atoms with Gasteiger partial charge in [-0.05, 0) is 46.3 Å². The standard InChI is InChI=1S/C12H9Br2N3O2/c13-6-1-2-7(14)10(5-6)17-11-8(15)3-4-9(16-11)12(18)19/h1-5H,15H2,(H,16,17)(H,18,19). The van der Waals surface area contributed by atoms with Crippen molar-refractivity contribution in [2.24, 2.45) is 0 Å². The van der Waals surface area contributed by atoms with Gasteiger partial charge in [0.15, 0.2) is 11.5 Å². The van der Waals surface area contributed by atoms with Crippen LogP contribution in [0, 0.1) is 0 Å². The van der Waals surface area contributed by atoms with Gasteiger partial charge in [0.05, 0.1) is 11.4 Å². The summed E-state index contributed by atoms with van der Waals surface area (Å²) in [4.78, 5) is 14.9. The molecule has 2 aromatic rings. The monoisotopic (exact) mass is 385 g/mol. The van der Waals surface area contributed by atoms with E-state index >= 15 is 0 Å². The lowest BCUT2D eigenvalue weighted by Crippen LogP contribution is -2.06. The first-order valence-electron chi connectivity index (χ1n) is 5.19. The summed E-state index contributed by atoms with van der Waals surface area (Å²) in [6.45, 7) is 0. The molecule has 1 aromatic heterocycles. The lowest BCUT2D eigenvalue weighted by Gasteiger charge is -2.11. The van der Waals surface area contributed by atoms with Crippen LogP contribution in [0.15, 0.2) is 39.3 Å². The van der Waals surface area contributed by atoms with Crippen LogP contribution < -0.4 is 11.1 Å². The fourth-order valence-electron chi connectivity index (χ4n) is 1.41. The number of carboxylic acid groups (broad SMARTS) is 1. The number of hydrogen-bond donors (Lipinski definition) is 3. The summed E-state index contributed by atoms with van der Waals surface area (Å²) in [7, 11) is 0. The first-order chi connectivity index (χ1) is 8.97. The molecule has 0 saturated heterocycles. The number of anilines is 3. The number of carboxylic acids is 1. The number of aromatic nitrogens is 1. The van der Waals surface area contributed by atoms with Crippen molar-refractivity contribution < 1.29 is 9.90 Å². The maximum Gasteiger partial charge on any atom is 0.354 e. The Bertz CT molecular complexity index is 647. The topological polar surface area (TPSA) is 88.2 Å². The molecule has 0 amide bonds. The number of carbonyl (C=O) groups is 1. The van der Waals surface area contributed by atoms with Gasteiger partial charge in [0.25, 0.3) is 0 Å². The SMILES string of the molecule is Nc1ccc(C(=O)O)nc1Nc1cc(Br)ccc1Br. The molecule has 19 heavy (non-hydrogen) atoms. The lowest BCUT2D eigenvalue weighted by atomic mass is 10.3. The zero-order valence-corrected chi connectivity index (χ0v) is 12.7. The molecule has 0 spiro atoms. The lowest BCUT2D eigenvalue weighted by molar-refractivity contribution is 0.0690. The number of hydrogen-bond acceptors (Lipinski definition) is 4. The predicted octanol–water partition coefficient (Wildman–Crippen LogP) is 3.63. The van der Waals surface area contributed by atoms with Crippen molar-refractivity contribution in [2.45, 2.75) is 0 Å². The van der Waals surface area contributed by atoms with E-state index in [4.69, 9.17) is 10.8 Å². The Morgan fingerprint density at radius 1 is 1.26 bits per heavy atom. The van der Waals surface area contributed by atoms with Crippen molar-refractivity contribution in [3.63, 3.8) is 0 Å². The predicted molar refractivity (Wildman–Crippen MR) is 80.7 cm³/mol. The highest BCUT2D eigenvalue weighted by molar-refractivity contribution is 9.11. The average molecular weight is 387 g/mol. The maximum atomic E-state index is 10.9. The third-order valence-corrected chi connectivity index (χ3v) is 3.51. The van der Waals surface area contributed by atoms with Gasteiger partial charge in [-0.1, -0.05) is 15.9 Å². The van der Waals surface area contributed by atoms with Crippen molar-refractivity contribution in [1.82, 2.24) is 4.98 Å². The van der Waals surface area contributed by atoms with Crippen molar-refractivity contribution >= 4 is 55.0 Å². The second-order valence-electron chi connectivity index (χ2n) is 3.69. The van der Waals surface area contributed by atoms with Crippen LogP contribution in [-0.2, 0) is 0 Å². The summed E-state index contributed by atoms with van der Waals surface area (Å²) < 4.78 is 1.70. The Morgan fingerprint density at radius 3 is 2.68 bits per heavy atom. The van der Waals surface area contributed by atoms with Crippen LogP contribution in [0.4, 0.5) is 17.2 Å². The van der Waals surface area contributed by atoms with Gasteiger partial charge in [0.2, 0.25) is 0 Å². The number of nitrogen functional groups attached to an aromatic ring is 1. The fraction of sp³-hybridized carbons (Fsp3) is 0. The van der Waals surface area contributed by atoms with Crippen LogP contribution in [0.5, 0.6) is 0 Å². The van der Waals surface area contributed by atoms with Crippen LogP contribution in [0.2, 0.25) is 0 Å². The maximum absolute atomic E-state index is 10.9. The smallest absolute Gasteiger partial charge is 0.354 e. The quantitative estimate of drug-likeness (QED) is 0.749. The van der Waals surface area contributed by atoms with Gasteiger partial charge in [-0.15, -0.1) is 0 Å².